The second kappa shape index (κ2) is 12.0. The highest BCUT2D eigenvalue weighted by atomic mass is 127. The van der Waals surface area contributed by atoms with Gasteiger partial charge in [-0.15, -0.1) is 24.0 Å². The van der Waals surface area contributed by atoms with Crippen LogP contribution in [0.25, 0.3) is 0 Å². The number of ether oxygens (including phenoxy) is 3. The Hall–Kier alpha value is -2.23. The van der Waals surface area contributed by atoms with Gasteiger partial charge >= 0.3 is 0 Å². The Labute approximate surface area is 201 Å². The molecule has 0 aromatic heterocycles. The van der Waals surface area contributed by atoms with Gasteiger partial charge in [0, 0.05) is 19.0 Å². The van der Waals surface area contributed by atoms with Crippen LogP contribution < -0.4 is 24.8 Å². The van der Waals surface area contributed by atoms with Crippen LogP contribution in [0.15, 0.2) is 41.4 Å². The van der Waals surface area contributed by atoms with E-state index < -0.39 is 0 Å². The highest BCUT2D eigenvalue weighted by molar-refractivity contribution is 14.0. The van der Waals surface area contributed by atoms with E-state index in [-0.39, 0.29) is 47.0 Å². The Kier molecular flexibility index (Phi) is 10.4. The van der Waals surface area contributed by atoms with E-state index in [1.165, 1.54) is 13.2 Å². The standard InChI is InChI=1S/C23H32FN3O3.HI/c1-15(16-8-10-19(28-5)18(24)12-16)27-22(25-4)26-14-23(2,3)17-9-11-20(29-6)21(13-17)30-7;/h8-13,15H,14H2,1-7H3,(H2,25,26,27);1H. The summed E-state index contributed by atoms with van der Waals surface area (Å²) in [6.45, 7) is 6.85. The normalized spacial score (nSPS) is 12.5. The van der Waals surface area contributed by atoms with Crippen LogP contribution in [0.4, 0.5) is 4.39 Å². The second-order valence-corrected chi connectivity index (χ2v) is 7.64. The van der Waals surface area contributed by atoms with Crippen LogP contribution in [-0.4, -0.2) is 40.9 Å². The summed E-state index contributed by atoms with van der Waals surface area (Å²) in [4.78, 5) is 4.30. The zero-order valence-corrected chi connectivity index (χ0v) is 21.5. The largest absolute Gasteiger partial charge is 0.494 e. The van der Waals surface area contributed by atoms with Crippen molar-refractivity contribution in [2.45, 2.75) is 32.2 Å². The monoisotopic (exact) mass is 545 g/mol. The predicted molar refractivity (Wildman–Crippen MR) is 134 cm³/mol. The summed E-state index contributed by atoms with van der Waals surface area (Å²) in [6.07, 6.45) is 0. The first kappa shape index (κ1) is 26.8. The van der Waals surface area contributed by atoms with Crippen molar-refractivity contribution in [1.82, 2.24) is 10.6 Å². The molecular weight excluding hydrogens is 512 g/mol. The van der Waals surface area contributed by atoms with Crippen LogP contribution in [-0.2, 0) is 5.41 Å². The second-order valence-electron chi connectivity index (χ2n) is 7.64. The molecule has 0 bridgehead atoms. The maximum atomic E-state index is 14.0. The lowest BCUT2D eigenvalue weighted by atomic mass is 9.84. The number of nitrogens with one attached hydrogen (secondary N) is 2. The SMILES string of the molecule is CN=C(NCC(C)(C)c1ccc(OC)c(OC)c1)NC(C)c1ccc(OC)c(F)c1.I. The van der Waals surface area contributed by atoms with Gasteiger partial charge in [0.2, 0.25) is 0 Å². The lowest BCUT2D eigenvalue weighted by Crippen LogP contribution is -2.44. The quantitative estimate of drug-likeness (QED) is 0.287. The van der Waals surface area contributed by atoms with Crippen LogP contribution >= 0.6 is 24.0 Å². The average Bonchev–Trinajstić information content (AvgIpc) is 2.75. The molecule has 1 atom stereocenters. The third-order valence-electron chi connectivity index (χ3n) is 5.12. The average molecular weight is 545 g/mol. The van der Waals surface area contributed by atoms with E-state index in [0.29, 0.717) is 24.0 Å². The van der Waals surface area contributed by atoms with Crippen molar-refractivity contribution >= 4 is 29.9 Å². The van der Waals surface area contributed by atoms with Gasteiger partial charge in [-0.1, -0.05) is 26.0 Å². The first-order chi connectivity index (χ1) is 14.2. The Morgan fingerprint density at radius 2 is 1.61 bits per heavy atom. The van der Waals surface area contributed by atoms with Crippen molar-refractivity contribution in [2.75, 3.05) is 34.9 Å². The molecule has 0 saturated carbocycles. The fourth-order valence-corrected chi connectivity index (χ4v) is 3.10. The summed E-state index contributed by atoms with van der Waals surface area (Å²) in [5, 5.41) is 6.66. The summed E-state index contributed by atoms with van der Waals surface area (Å²) in [6, 6.07) is 10.7. The maximum absolute atomic E-state index is 14.0. The number of methoxy groups -OCH3 is 3. The van der Waals surface area contributed by atoms with Gasteiger partial charge in [-0.2, -0.15) is 0 Å². The Morgan fingerprint density at radius 3 is 2.16 bits per heavy atom. The van der Waals surface area contributed by atoms with E-state index >= 15 is 0 Å². The summed E-state index contributed by atoms with van der Waals surface area (Å²) >= 11 is 0. The van der Waals surface area contributed by atoms with Crippen molar-refractivity contribution in [1.29, 1.82) is 0 Å². The smallest absolute Gasteiger partial charge is 0.191 e. The van der Waals surface area contributed by atoms with Crippen LogP contribution in [0.3, 0.4) is 0 Å². The number of guanidine groups is 1. The summed E-state index contributed by atoms with van der Waals surface area (Å²) in [7, 11) is 6.41. The first-order valence-electron chi connectivity index (χ1n) is 9.78. The minimum atomic E-state index is -0.388. The molecule has 2 aromatic rings. The molecule has 0 fully saturated rings. The fourth-order valence-electron chi connectivity index (χ4n) is 3.10. The van der Waals surface area contributed by atoms with E-state index in [1.54, 1.807) is 27.3 Å². The topological polar surface area (TPSA) is 64.1 Å². The third kappa shape index (κ3) is 6.88. The van der Waals surface area contributed by atoms with Crippen LogP contribution in [0.2, 0.25) is 0 Å². The molecule has 0 amide bonds. The van der Waals surface area contributed by atoms with Crippen molar-refractivity contribution in [3.63, 3.8) is 0 Å². The molecule has 172 valence electrons. The maximum Gasteiger partial charge on any atom is 0.191 e. The first-order valence-corrected chi connectivity index (χ1v) is 9.78. The molecule has 31 heavy (non-hydrogen) atoms. The molecule has 1 unspecified atom stereocenters. The Bertz CT molecular complexity index is 890. The molecule has 0 radical (unpaired) electrons. The van der Waals surface area contributed by atoms with Gasteiger partial charge in [-0.3, -0.25) is 4.99 Å². The zero-order valence-electron chi connectivity index (χ0n) is 19.2. The summed E-state index contributed by atoms with van der Waals surface area (Å²) in [5.74, 6) is 1.86. The number of aliphatic imine (C=N–C) groups is 1. The molecule has 0 spiro atoms. The number of hydrogen-bond acceptors (Lipinski definition) is 4. The molecule has 0 aliphatic heterocycles. The predicted octanol–water partition coefficient (Wildman–Crippen LogP) is 4.67. The number of halogens is 2. The van der Waals surface area contributed by atoms with E-state index in [4.69, 9.17) is 14.2 Å². The number of hydrogen-bond donors (Lipinski definition) is 2. The van der Waals surface area contributed by atoms with Gasteiger partial charge in [-0.25, -0.2) is 4.39 Å². The van der Waals surface area contributed by atoms with E-state index in [9.17, 15) is 4.39 Å². The highest BCUT2D eigenvalue weighted by Gasteiger charge is 2.23. The summed E-state index contributed by atoms with van der Waals surface area (Å²) < 4.78 is 29.8. The molecule has 2 N–H and O–H groups in total. The fraction of sp³-hybridized carbons (Fsp3) is 0.435. The van der Waals surface area contributed by atoms with E-state index in [0.717, 1.165) is 11.1 Å². The van der Waals surface area contributed by atoms with Crippen molar-refractivity contribution in [2.24, 2.45) is 4.99 Å². The molecule has 6 nitrogen and oxygen atoms in total. The van der Waals surface area contributed by atoms with Gasteiger partial charge in [0.05, 0.1) is 27.4 Å². The lowest BCUT2D eigenvalue weighted by Gasteiger charge is -2.28. The number of rotatable bonds is 8. The van der Waals surface area contributed by atoms with Gasteiger partial charge in [0.15, 0.2) is 29.0 Å². The molecule has 2 rings (SSSR count). The van der Waals surface area contributed by atoms with Gasteiger partial charge in [0.25, 0.3) is 0 Å². The van der Waals surface area contributed by atoms with Gasteiger partial charge in [-0.05, 0) is 42.3 Å². The van der Waals surface area contributed by atoms with Gasteiger partial charge < -0.3 is 24.8 Å². The van der Waals surface area contributed by atoms with Crippen LogP contribution in [0.1, 0.15) is 37.9 Å². The molecule has 0 aliphatic rings. The Morgan fingerprint density at radius 1 is 1.00 bits per heavy atom. The third-order valence-corrected chi connectivity index (χ3v) is 5.12. The van der Waals surface area contributed by atoms with Crippen molar-refractivity contribution in [3.8, 4) is 17.2 Å². The van der Waals surface area contributed by atoms with Crippen LogP contribution in [0, 0.1) is 5.82 Å². The molecule has 0 heterocycles. The summed E-state index contributed by atoms with van der Waals surface area (Å²) in [5.41, 5.74) is 1.70. The Balaban J connectivity index is 0.00000480. The minimum Gasteiger partial charge on any atom is -0.494 e. The zero-order chi connectivity index (χ0) is 22.3. The van der Waals surface area contributed by atoms with Crippen LogP contribution in [0.5, 0.6) is 17.2 Å². The molecule has 2 aromatic carbocycles. The highest BCUT2D eigenvalue weighted by Crippen LogP contribution is 2.33. The lowest BCUT2D eigenvalue weighted by molar-refractivity contribution is 0.353. The number of nitrogens with zero attached hydrogens (tertiary/aromatic N) is 1. The number of benzene rings is 2. The molecule has 0 saturated heterocycles. The minimum absolute atomic E-state index is 0. The molecule has 0 aliphatic carbocycles. The molecule has 8 heteroatoms. The van der Waals surface area contributed by atoms with E-state index in [1.807, 2.05) is 31.2 Å². The van der Waals surface area contributed by atoms with Gasteiger partial charge in [0.1, 0.15) is 0 Å². The van der Waals surface area contributed by atoms with E-state index in [2.05, 4.69) is 29.5 Å². The van der Waals surface area contributed by atoms with Crippen molar-refractivity contribution < 1.29 is 18.6 Å². The molecular formula is C23H33FIN3O3. The van der Waals surface area contributed by atoms with Crippen molar-refractivity contribution in [3.05, 3.63) is 53.3 Å².